The van der Waals surface area contributed by atoms with Crippen LogP contribution >= 0.6 is 0 Å². The van der Waals surface area contributed by atoms with E-state index in [0.717, 1.165) is 30.8 Å². The summed E-state index contributed by atoms with van der Waals surface area (Å²) < 4.78 is 11.0. The van der Waals surface area contributed by atoms with Crippen molar-refractivity contribution in [2.45, 2.75) is 38.5 Å². The Bertz CT molecular complexity index is 796. The van der Waals surface area contributed by atoms with Crippen LogP contribution in [0.3, 0.4) is 0 Å². The number of carbonyl (C=O) groups excluding carboxylic acids is 1. The first-order valence-electron chi connectivity index (χ1n) is 9.56. The molecule has 150 valence electrons. The summed E-state index contributed by atoms with van der Waals surface area (Å²) in [5.74, 6) is 1.30. The van der Waals surface area contributed by atoms with Gasteiger partial charge in [0, 0.05) is 32.3 Å². The van der Waals surface area contributed by atoms with E-state index < -0.39 is 0 Å². The highest BCUT2D eigenvalue weighted by Gasteiger charge is 2.29. The number of furan rings is 1. The quantitative estimate of drug-likeness (QED) is 0.504. The Labute approximate surface area is 165 Å². The topological polar surface area (TPSA) is 87.9 Å². The third kappa shape index (κ3) is 5.60. The number of aliphatic imine (C=N–C) groups is 1. The highest BCUT2D eigenvalue weighted by molar-refractivity contribution is 5.94. The Kier molecular flexibility index (Phi) is 6.71. The molecule has 2 heterocycles. The minimum atomic E-state index is -0.135. The number of hydrogen-bond acceptors (Lipinski definition) is 4. The van der Waals surface area contributed by atoms with E-state index >= 15 is 0 Å². The average molecular weight is 384 g/mol. The molecule has 0 saturated carbocycles. The normalized spacial score (nSPS) is 19.4. The minimum absolute atomic E-state index is 0.132. The van der Waals surface area contributed by atoms with Crippen LogP contribution < -0.4 is 16.0 Å². The van der Waals surface area contributed by atoms with E-state index in [9.17, 15) is 4.79 Å². The third-order valence-corrected chi connectivity index (χ3v) is 4.81. The summed E-state index contributed by atoms with van der Waals surface area (Å²) in [6, 6.07) is 11.2. The van der Waals surface area contributed by atoms with Gasteiger partial charge in [-0.1, -0.05) is 12.1 Å². The Morgan fingerprint density at radius 1 is 1.18 bits per heavy atom. The van der Waals surface area contributed by atoms with Crippen molar-refractivity contribution < 1.29 is 13.9 Å². The molecule has 3 rings (SSSR count). The zero-order chi connectivity index (χ0) is 19.8. The fraction of sp³-hybridized carbons (Fsp3) is 0.429. The highest BCUT2D eigenvalue weighted by atomic mass is 16.5. The van der Waals surface area contributed by atoms with Crippen LogP contribution in [0.1, 0.15) is 41.4 Å². The first kappa shape index (κ1) is 19.9. The number of ether oxygens (including phenoxy) is 1. The zero-order valence-electron chi connectivity index (χ0n) is 16.5. The summed E-state index contributed by atoms with van der Waals surface area (Å²) in [6.07, 6.45) is 3.74. The average Bonchev–Trinajstić information content (AvgIpc) is 3.38. The number of guanidine groups is 1. The smallest absolute Gasteiger partial charge is 0.251 e. The van der Waals surface area contributed by atoms with Gasteiger partial charge >= 0.3 is 0 Å². The van der Waals surface area contributed by atoms with E-state index in [4.69, 9.17) is 9.15 Å². The van der Waals surface area contributed by atoms with Gasteiger partial charge in [0.25, 0.3) is 5.91 Å². The van der Waals surface area contributed by atoms with Gasteiger partial charge in [-0.15, -0.1) is 0 Å². The fourth-order valence-electron chi connectivity index (χ4n) is 3.16. The van der Waals surface area contributed by atoms with Crippen LogP contribution in [-0.4, -0.2) is 37.7 Å². The summed E-state index contributed by atoms with van der Waals surface area (Å²) >= 11 is 0. The van der Waals surface area contributed by atoms with Crippen LogP contribution in [0.4, 0.5) is 0 Å². The highest BCUT2D eigenvalue weighted by Crippen LogP contribution is 2.23. The number of nitrogens with one attached hydrogen (secondary N) is 3. The van der Waals surface area contributed by atoms with Crippen LogP contribution in [0.5, 0.6) is 0 Å². The van der Waals surface area contributed by atoms with Crippen LogP contribution in [0, 0.1) is 0 Å². The van der Waals surface area contributed by atoms with Crippen molar-refractivity contribution >= 4 is 11.9 Å². The number of hydrogen-bond donors (Lipinski definition) is 3. The molecule has 1 amide bonds. The molecule has 0 radical (unpaired) electrons. The molecule has 1 unspecified atom stereocenters. The number of nitrogens with zero attached hydrogens (tertiary/aromatic N) is 1. The van der Waals surface area contributed by atoms with Crippen LogP contribution in [0.25, 0.3) is 0 Å². The van der Waals surface area contributed by atoms with Crippen LogP contribution in [0.15, 0.2) is 52.1 Å². The molecule has 28 heavy (non-hydrogen) atoms. The summed E-state index contributed by atoms with van der Waals surface area (Å²) in [5, 5.41) is 9.46. The summed E-state index contributed by atoms with van der Waals surface area (Å²) in [4.78, 5) is 16.6. The molecule has 0 bridgehead atoms. The lowest BCUT2D eigenvalue weighted by molar-refractivity contribution is 0.0243. The van der Waals surface area contributed by atoms with E-state index in [1.54, 1.807) is 25.4 Å². The van der Waals surface area contributed by atoms with Gasteiger partial charge < -0.3 is 25.1 Å². The van der Waals surface area contributed by atoms with Gasteiger partial charge in [-0.05, 0) is 49.6 Å². The van der Waals surface area contributed by atoms with Crippen molar-refractivity contribution in [1.82, 2.24) is 16.0 Å². The first-order chi connectivity index (χ1) is 13.6. The van der Waals surface area contributed by atoms with Crippen molar-refractivity contribution in [3.05, 3.63) is 59.5 Å². The molecule has 1 aliphatic rings. The first-order valence-corrected chi connectivity index (χ1v) is 9.56. The molecule has 3 N–H and O–H groups in total. The van der Waals surface area contributed by atoms with Gasteiger partial charge in [-0.2, -0.15) is 0 Å². The Hall–Kier alpha value is -2.80. The summed E-state index contributed by atoms with van der Waals surface area (Å²) in [7, 11) is 1.74. The lowest BCUT2D eigenvalue weighted by Gasteiger charge is -2.24. The molecular formula is C21H28N4O3. The molecule has 1 aliphatic heterocycles. The van der Waals surface area contributed by atoms with E-state index in [1.807, 2.05) is 24.3 Å². The predicted octanol–water partition coefficient (Wildman–Crippen LogP) is 2.44. The molecule has 7 heteroatoms. The van der Waals surface area contributed by atoms with E-state index in [-0.39, 0.29) is 11.5 Å². The molecule has 1 atom stereocenters. The van der Waals surface area contributed by atoms with Gasteiger partial charge in [0.2, 0.25) is 0 Å². The van der Waals surface area contributed by atoms with Crippen LogP contribution in [0.2, 0.25) is 0 Å². The maximum atomic E-state index is 12.3. The minimum Gasteiger partial charge on any atom is -0.467 e. The monoisotopic (exact) mass is 384 g/mol. The van der Waals surface area contributed by atoms with Gasteiger partial charge in [0.1, 0.15) is 5.76 Å². The van der Waals surface area contributed by atoms with Gasteiger partial charge in [0.15, 0.2) is 5.96 Å². The predicted molar refractivity (Wildman–Crippen MR) is 108 cm³/mol. The van der Waals surface area contributed by atoms with Gasteiger partial charge in [-0.25, -0.2) is 0 Å². The molecule has 0 spiro atoms. The van der Waals surface area contributed by atoms with Gasteiger partial charge in [0.05, 0.1) is 18.4 Å². The van der Waals surface area contributed by atoms with Crippen molar-refractivity contribution in [2.24, 2.45) is 4.99 Å². The molecule has 0 aliphatic carbocycles. The Morgan fingerprint density at radius 2 is 2.07 bits per heavy atom. The van der Waals surface area contributed by atoms with Crippen molar-refractivity contribution in [3.8, 4) is 0 Å². The largest absolute Gasteiger partial charge is 0.467 e. The second-order valence-electron chi connectivity index (χ2n) is 7.14. The van der Waals surface area contributed by atoms with Crippen molar-refractivity contribution in [1.29, 1.82) is 0 Å². The number of rotatable bonds is 7. The molecule has 1 saturated heterocycles. The molecule has 1 fully saturated rings. The SMILES string of the molecule is CN=C(NCc1cccc(C(=O)NCc2ccco2)c1)NCC1(C)CCCO1. The van der Waals surface area contributed by atoms with Crippen molar-refractivity contribution in [2.75, 3.05) is 20.2 Å². The van der Waals surface area contributed by atoms with E-state index in [0.29, 0.717) is 31.2 Å². The third-order valence-electron chi connectivity index (χ3n) is 4.81. The lowest BCUT2D eigenvalue weighted by atomic mass is 10.0. The number of amides is 1. The summed E-state index contributed by atoms with van der Waals surface area (Å²) in [5.41, 5.74) is 1.47. The zero-order valence-corrected chi connectivity index (χ0v) is 16.5. The maximum Gasteiger partial charge on any atom is 0.251 e. The molecular weight excluding hydrogens is 356 g/mol. The second-order valence-corrected chi connectivity index (χ2v) is 7.14. The Balaban J connectivity index is 1.49. The number of carbonyl (C=O) groups is 1. The van der Waals surface area contributed by atoms with Crippen LogP contribution in [-0.2, 0) is 17.8 Å². The molecule has 2 aromatic rings. The van der Waals surface area contributed by atoms with Gasteiger partial charge in [-0.3, -0.25) is 9.79 Å². The number of benzene rings is 1. The lowest BCUT2D eigenvalue weighted by Crippen LogP contribution is -2.45. The molecule has 1 aromatic heterocycles. The molecule has 1 aromatic carbocycles. The summed E-state index contributed by atoms with van der Waals surface area (Å²) in [6.45, 7) is 4.58. The second kappa shape index (κ2) is 9.41. The Morgan fingerprint density at radius 3 is 2.79 bits per heavy atom. The van der Waals surface area contributed by atoms with E-state index in [1.165, 1.54) is 0 Å². The standard InChI is InChI=1S/C21H28N4O3/c1-21(9-5-11-28-21)15-25-20(22-2)24-13-16-6-3-7-17(12-16)19(26)23-14-18-8-4-10-27-18/h3-4,6-8,10,12H,5,9,11,13-15H2,1-2H3,(H,23,26)(H2,22,24,25). The van der Waals surface area contributed by atoms with E-state index in [2.05, 4.69) is 27.9 Å². The molecule has 7 nitrogen and oxygen atoms in total. The maximum absolute atomic E-state index is 12.3. The van der Waals surface area contributed by atoms with Crippen molar-refractivity contribution in [3.63, 3.8) is 0 Å². The fourth-order valence-corrected chi connectivity index (χ4v) is 3.16.